The molecule has 1 aromatic carbocycles. The van der Waals surface area contributed by atoms with Gasteiger partial charge in [-0.15, -0.1) is 0 Å². The number of fused-ring (bicyclic) bond motifs is 2. The fraction of sp³-hybridized carbons (Fsp3) is 0.158. The first kappa shape index (κ1) is 16.5. The Morgan fingerprint density at radius 3 is 2.86 bits per heavy atom. The number of hydrogen-bond acceptors (Lipinski definition) is 6. The molecule has 5 rings (SSSR count). The molecule has 0 saturated heterocycles. The highest BCUT2D eigenvalue weighted by Crippen LogP contribution is 2.32. The van der Waals surface area contributed by atoms with Crippen LogP contribution in [0.4, 0.5) is 5.82 Å². The minimum atomic E-state index is 0.381. The average molecular weight is 373 g/mol. The Morgan fingerprint density at radius 2 is 2.07 bits per heavy atom. The number of rotatable bonds is 4. The number of aromatic amines is 1. The standard InChI is InChI=1S/C19H19N9/c1-27-7-12(6-25-27)14-3-2-11(16-15(14)4-13(5-20)26-16)8-28-10-24-17-18(21)22-9-23-19(17)28/h2-4,6-7,9-10,26H,5,8,20H2,1H3,(H2,21,22,23). The molecule has 28 heavy (non-hydrogen) atoms. The number of hydrogen-bond donors (Lipinski definition) is 3. The number of imidazole rings is 1. The topological polar surface area (TPSA) is 129 Å². The molecule has 0 aliphatic rings. The van der Waals surface area contributed by atoms with Gasteiger partial charge >= 0.3 is 0 Å². The second kappa shape index (κ2) is 6.17. The van der Waals surface area contributed by atoms with Gasteiger partial charge < -0.3 is 21.0 Å². The summed E-state index contributed by atoms with van der Waals surface area (Å²) in [4.78, 5) is 16.2. The molecule has 0 aliphatic heterocycles. The zero-order valence-corrected chi connectivity index (χ0v) is 15.3. The molecule has 0 saturated carbocycles. The smallest absolute Gasteiger partial charge is 0.165 e. The van der Waals surface area contributed by atoms with Gasteiger partial charge in [-0.2, -0.15) is 5.10 Å². The van der Waals surface area contributed by atoms with Crippen LogP contribution in [0.2, 0.25) is 0 Å². The summed E-state index contributed by atoms with van der Waals surface area (Å²) in [6.07, 6.45) is 7.07. The Hall–Kier alpha value is -3.72. The van der Waals surface area contributed by atoms with Gasteiger partial charge in [-0.3, -0.25) is 4.68 Å². The maximum absolute atomic E-state index is 5.91. The fourth-order valence-electron chi connectivity index (χ4n) is 3.58. The molecule has 5 N–H and O–H groups in total. The zero-order chi connectivity index (χ0) is 19.3. The zero-order valence-electron chi connectivity index (χ0n) is 15.3. The number of aromatic nitrogens is 7. The Balaban J connectivity index is 1.65. The summed E-state index contributed by atoms with van der Waals surface area (Å²) in [6, 6.07) is 6.33. The third kappa shape index (κ3) is 2.52. The van der Waals surface area contributed by atoms with Crippen molar-refractivity contribution >= 4 is 27.9 Å². The maximum Gasteiger partial charge on any atom is 0.165 e. The summed E-state index contributed by atoms with van der Waals surface area (Å²) >= 11 is 0. The first-order valence-corrected chi connectivity index (χ1v) is 8.88. The van der Waals surface area contributed by atoms with Crippen LogP contribution in [0, 0.1) is 0 Å². The summed E-state index contributed by atoms with van der Waals surface area (Å²) in [5.74, 6) is 0.381. The molecule has 0 bridgehead atoms. The van der Waals surface area contributed by atoms with Gasteiger partial charge in [0.05, 0.1) is 24.6 Å². The molecular weight excluding hydrogens is 354 g/mol. The van der Waals surface area contributed by atoms with Gasteiger partial charge in [0.25, 0.3) is 0 Å². The molecule has 0 atom stereocenters. The van der Waals surface area contributed by atoms with Crippen molar-refractivity contribution < 1.29 is 0 Å². The van der Waals surface area contributed by atoms with Crippen molar-refractivity contribution in [1.82, 2.24) is 34.3 Å². The molecule has 0 aliphatic carbocycles. The molecular formula is C19H19N9. The van der Waals surface area contributed by atoms with Gasteiger partial charge in [-0.05, 0) is 17.2 Å². The van der Waals surface area contributed by atoms with E-state index in [1.54, 1.807) is 11.0 Å². The lowest BCUT2D eigenvalue weighted by Gasteiger charge is -2.08. The Morgan fingerprint density at radius 1 is 1.18 bits per heavy atom. The second-order valence-electron chi connectivity index (χ2n) is 6.77. The van der Waals surface area contributed by atoms with Gasteiger partial charge in [0.15, 0.2) is 11.5 Å². The van der Waals surface area contributed by atoms with Gasteiger partial charge in [-0.1, -0.05) is 12.1 Å². The molecule has 0 amide bonds. The van der Waals surface area contributed by atoms with Crippen molar-refractivity contribution in [2.45, 2.75) is 13.1 Å². The van der Waals surface area contributed by atoms with E-state index in [2.05, 4.69) is 43.2 Å². The van der Waals surface area contributed by atoms with E-state index in [1.165, 1.54) is 6.33 Å². The molecule has 9 heteroatoms. The van der Waals surface area contributed by atoms with Crippen molar-refractivity contribution in [2.75, 3.05) is 5.73 Å². The molecule has 0 fully saturated rings. The van der Waals surface area contributed by atoms with Gasteiger partial charge in [0, 0.05) is 36.4 Å². The largest absolute Gasteiger partial charge is 0.382 e. The van der Waals surface area contributed by atoms with Gasteiger partial charge in [0.1, 0.15) is 11.8 Å². The van der Waals surface area contributed by atoms with Crippen LogP contribution in [-0.2, 0) is 20.1 Å². The summed E-state index contributed by atoms with van der Waals surface area (Å²) in [5, 5.41) is 5.41. The van der Waals surface area contributed by atoms with E-state index in [-0.39, 0.29) is 0 Å². The summed E-state index contributed by atoms with van der Waals surface area (Å²) < 4.78 is 3.77. The summed E-state index contributed by atoms with van der Waals surface area (Å²) in [6.45, 7) is 1.04. The van der Waals surface area contributed by atoms with Crippen molar-refractivity contribution in [3.63, 3.8) is 0 Å². The van der Waals surface area contributed by atoms with Crippen LogP contribution in [0.1, 0.15) is 11.3 Å². The maximum atomic E-state index is 5.91. The van der Waals surface area contributed by atoms with E-state index in [0.29, 0.717) is 30.1 Å². The number of nitrogen functional groups attached to an aromatic ring is 1. The van der Waals surface area contributed by atoms with Crippen LogP contribution in [0.15, 0.2) is 43.2 Å². The van der Waals surface area contributed by atoms with Crippen LogP contribution >= 0.6 is 0 Å². The third-order valence-electron chi connectivity index (χ3n) is 4.94. The minimum Gasteiger partial charge on any atom is -0.382 e. The molecule has 4 aromatic heterocycles. The van der Waals surface area contributed by atoms with E-state index in [4.69, 9.17) is 11.5 Å². The number of benzene rings is 1. The number of nitrogens with zero attached hydrogens (tertiary/aromatic N) is 6. The van der Waals surface area contributed by atoms with Crippen LogP contribution in [0.25, 0.3) is 33.2 Å². The SMILES string of the molecule is Cn1cc(-c2ccc(Cn3cnc4c(N)ncnc43)c3[nH]c(CN)cc23)cn1. The number of anilines is 1. The van der Waals surface area contributed by atoms with Crippen LogP contribution in [0.5, 0.6) is 0 Å². The van der Waals surface area contributed by atoms with Crippen LogP contribution in [0.3, 0.4) is 0 Å². The molecule has 4 heterocycles. The predicted molar refractivity (Wildman–Crippen MR) is 107 cm³/mol. The van der Waals surface area contributed by atoms with Crippen LogP contribution in [-0.4, -0.2) is 34.3 Å². The molecule has 5 aromatic rings. The number of H-pyrrole nitrogens is 1. The first-order chi connectivity index (χ1) is 13.6. The number of nitrogens with one attached hydrogen (secondary N) is 1. The highest BCUT2D eigenvalue weighted by molar-refractivity contribution is 5.97. The molecule has 0 spiro atoms. The van der Waals surface area contributed by atoms with Gasteiger partial charge in [-0.25, -0.2) is 15.0 Å². The van der Waals surface area contributed by atoms with E-state index in [9.17, 15) is 0 Å². The predicted octanol–water partition coefficient (Wildman–Crippen LogP) is 1.80. The minimum absolute atomic E-state index is 0.381. The van der Waals surface area contributed by atoms with Crippen molar-refractivity contribution in [1.29, 1.82) is 0 Å². The highest BCUT2D eigenvalue weighted by Gasteiger charge is 2.14. The van der Waals surface area contributed by atoms with Gasteiger partial charge in [0.2, 0.25) is 0 Å². The normalized spacial score (nSPS) is 11.6. The Bertz CT molecular complexity index is 1310. The lowest BCUT2D eigenvalue weighted by Crippen LogP contribution is -2.02. The fourth-order valence-corrected chi connectivity index (χ4v) is 3.58. The number of nitrogens with two attached hydrogens (primary N) is 2. The van der Waals surface area contributed by atoms with E-state index in [0.717, 1.165) is 33.3 Å². The molecule has 0 unspecified atom stereocenters. The monoisotopic (exact) mass is 373 g/mol. The first-order valence-electron chi connectivity index (χ1n) is 8.88. The van der Waals surface area contributed by atoms with Crippen LogP contribution < -0.4 is 11.5 Å². The average Bonchev–Trinajstić information content (AvgIpc) is 3.41. The molecule has 9 nitrogen and oxygen atoms in total. The lowest BCUT2D eigenvalue weighted by atomic mass is 10.0. The molecule has 140 valence electrons. The van der Waals surface area contributed by atoms with Crippen molar-refractivity contribution in [2.24, 2.45) is 12.8 Å². The van der Waals surface area contributed by atoms with E-state index < -0.39 is 0 Å². The number of aryl methyl sites for hydroxylation is 1. The van der Waals surface area contributed by atoms with Crippen molar-refractivity contribution in [3.05, 3.63) is 54.5 Å². The quantitative estimate of drug-likeness (QED) is 0.440. The lowest BCUT2D eigenvalue weighted by molar-refractivity contribution is 0.768. The van der Waals surface area contributed by atoms with E-state index in [1.807, 2.05) is 24.0 Å². The summed E-state index contributed by atoms with van der Waals surface area (Å²) in [7, 11) is 1.91. The Labute approximate surface area is 160 Å². The summed E-state index contributed by atoms with van der Waals surface area (Å²) in [5.41, 5.74) is 18.4. The highest BCUT2D eigenvalue weighted by atomic mass is 15.2. The third-order valence-corrected chi connectivity index (χ3v) is 4.94. The van der Waals surface area contributed by atoms with E-state index >= 15 is 0 Å². The van der Waals surface area contributed by atoms with Crippen molar-refractivity contribution in [3.8, 4) is 11.1 Å². The second-order valence-corrected chi connectivity index (χ2v) is 6.77. The Kier molecular flexibility index (Phi) is 3.63. The molecule has 0 radical (unpaired) electrons.